The summed E-state index contributed by atoms with van der Waals surface area (Å²) in [7, 11) is 5.23. The van der Waals surface area contributed by atoms with Gasteiger partial charge in [0.25, 0.3) is 5.91 Å². The summed E-state index contributed by atoms with van der Waals surface area (Å²) in [5.74, 6) is -0.0839. The van der Waals surface area contributed by atoms with Crippen LogP contribution in [0, 0.1) is 6.92 Å². The number of hydrogen-bond donors (Lipinski definition) is 0. The Kier molecular flexibility index (Phi) is 4.47. The Labute approximate surface area is 166 Å². The molecule has 2 aromatic carbocycles. The number of para-hydroxylation sites is 1. The smallest absolute Gasteiger partial charge is 0.295 e. The number of imidazole rings is 1. The summed E-state index contributed by atoms with van der Waals surface area (Å²) in [6.07, 6.45) is 1.85. The predicted molar refractivity (Wildman–Crippen MR) is 115 cm³/mol. The molecule has 3 aromatic rings. The molecule has 1 saturated heterocycles. The molecule has 4 rings (SSSR count). The summed E-state index contributed by atoms with van der Waals surface area (Å²) in [6.45, 7) is 2.00. The largest absolute Gasteiger partial charge is 0.328 e. The number of fused-ring (bicyclic) bond motifs is 1. The Morgan fingerprint density at radius 3 is 2.43 bits per heavy atom. The lowest BCUT2D eigenvalue weighted by Crippen LogP contribution is -2.23. The van der Waals surface area contributed by atoms with Gasteiger partial charge in [-0.25, -0.2) is 9.79 Å². The van der Waals surface area contributed by atoms with Gasteiger partial charge >= 0.3 is 5.69 Å². The van der Waals surface area contributed by atoms with Crippen molar-refractivity contribution in [2.75, 3.05) is 7.05 Å². The number of aryl methyl sites for hydroxylation is 3. The van der Waals surface area contributed by atoms with E-state index in [0.717, 1.165) is 27.8 Å². The summed E-state index contributed by atoms with van der Waals surface area (Å²) in [6, 6.07) is 13.6. The molecule has 2 heterocycles. The van der Waals surface area contributed by atoms with Crippen LogP contribution in [0.3, 0.4) is 0 Å². The van der Waals surface area contributed by atoms with Crippen molar-refractivity contribution in [3.63, 3.8) is 0 Å². The van der Waals surface area contributed by atoms with Gasteiger partial charge in [-0.3, -0.25) is 18.8 Å². The van der Waals surface area contributed by atoms with Crippen molar-refractivity contribution in [3.05, 3.63) is 69.0 Å². The lowest BCUT2D eigenvalue weighted by molar-refractivity contribution is -0.121. The Hall–Kier alpha value is -3.06. The van der Waals surface area contributed by atoms with Gasteiger partial charge in [0.2, 0.25) is 0 Å². The van der Waals surface area contributed by atoms with Crippen LogP contribution >= 0.6 is 11.8 Å². The fourth-order valence-corrected chi connectivity index (χ4v) is 4.19. The highest BCUT2D eigenvalue weighted by atomic mass is 32.2. The van der Waals surface area contributed by atoms with Crippen molar-refractivity contribution in [1.29, 1.82) is 0 Å². The predicted octanol–water partition coefficient (Wildman–Crippen LogP) is 3.42. The molecule has 7 heteroatoms. The number of hydrogen-bond acceptors (Lipinski definition) is 4. The molecule has 0 bridgehead atoms. The highest BCUT2D eigenvalue weighted by Crippen LogP contribution is 2.34. The van der Waals surface area contributed by atoms with Gasteiger partial charge in [-0.15, -0.1) is 0 Å². The van der Waals surface area contributed by atoms with Crippen molar-refractivity contribution >= 4 is 45.6 Å². The molecular weight excluding hydrogens is 372 g/mol. The molecule has 1 aromatic heterocycles. The topological polar surface area (TPSA) is 59.6 Å². The molecule has 0 atom stereocenters. The van der Waals surface area contributed by atoms with Crippen LogP contribution in [0.1, 0.15) is 11.1 Å². The van der Waals surface area contributed by atoms with Crippen molar-refractivity contribution in [1.82, 2.24) is 14.0 Å². The molecule has 0 unspecified atom stereocenters. The molecule has 1 fully saturated rings. The average Bonchev–Trinajstić information content (AvgIpc) is 3.07. The second-order valence-corrected chi connectivity index (χ2v) is 7.81. The quantitative estimate of drug-likeness (QED) is 0.628. The minimum absolute atomic E-state index is 0.0708. The number of carbonyl (C=O) groups excluding carboxylic acids is 1. The highest BCUT2D eigenvalue weighted by molar-refractivity contribution is 8.18. The van der Waals surface area contributed by atoms with Gasteiger partial charge in [0.15, 0.2) is 5.17 Å². The van der Waals surface area contributed by atoms with Crippen LogP contribution in [0.2, 0.25) is 0 Å². The van der Waals surface area contributed by atoms with E-state index in [2.05, 4.69) is 4.99 Å². The summed E-state index contributed by atoms with van der Waals surface area (Å²) in [5.41, 5.74) is 4.41. The zero-order valence-electron chi connectivity index (χ0n) is 16.1. The van der Waals surface area contributed by atoms with E-state index < -0.39 is 0 Å². The molecule has 0 spiro atoms. The summed E-state index contributed by atoms with van der Waals surface area (Å²) < 4.78 is 3.22. The first-order chi connectivity index (χ1) is 13.4. The Bertz CT molecular complexity index is 1230. The molecule has 28 heavy (non-hydrogen) atoms. The molecule has 0 radical (unpaired) electrons. The lowest BCUT2D eigenvalue weighted by Gasteiger charge is -2.08. The zero-order valence-corrected chi connectivity index (χ0v) is 16.9. The van der Waals surface area contributed by atoms with Crippen LogP contribution in [0.4, 0.5) is 5.69 Å². The Balaban J connectivity index is 1.72. The number of rotatable bonds is 2. The number of amidine groups is 1. The Morgan fingerprint density at radius 2 is 1.68 bits per heavy atom. The number of benzene rings is 2. The second-order valence-electron chi connectivity index (χ2n) is 6.80. The van der Waals surface area contributed by atoms with E-state index in [9.17, 15) is 9.59 Å². The van der Waals surface area contributed by atoms with Crippen LogP contribution in [0.15, 0.2) is 57.2 Å². The van der Waals surface area contributed by atoms with Crippen molar-refractivity contribution < 1.29 is 4.79 Å². The number of aliphatic imine (C=N–C) groups is 1. The summed E-state index contributed by atoms with van der Waals surface area (Å²) in [5, 5.41) is 0.652. The lowest BCUT2D eigenvalue weighted by atomic mass is 10.2. The molecule has 142 valence electrons. The van der Waals surface area contributed by atoms with Gasteiger partial charge in [-0.1, -0.05) is 24.3 Å². The molecular formula is C21H20N4O2S. The first kappa shape index (κ1) is 18.3. The number of likely N-dealkylation sites (N-methyl/N-ethyl adjacent to an activating group) is 1. The van der Waals surface area contributed by atoms with Crippen LogP contribution in [-0.4, -0.2) is 32.2 Å². The van der Waals surface area contributed by atoms with Gasteiger partial charge in [0, 0.05) is 21.1 Å². The third kappa shape index (κ3) is 2.97. The van der Waals surface area contributed by atoms with Crippen molar-refractivity contribution in [2.45, 2.75) is 6.92 Å². The van der Waals surface area contributed by atoms with Crippen LogP contribution in [0.25, 0.3) is 17.1 Å². The molecule has 1 aliphatic heterocycles. The molecule has 1 amide bonds. The fraction of sp³-hybridized carbons (Fsp3) is 0.190. The highest BCUT2D eigenvalue weighted by Gasteiger charge is 2.30. The fourth-order valence-electron chi connectivity index (χ4n) is 3.21. The zero-order chi connectivity index (χ0) is 20.0. The van der Waals surface area contributed by atoms with Crippen LogP contribution < -0.4 is 5.69 Å². The monoisotopic (exact) mass is 392 g/mol. The maximum absolute atomic E-state index is 12.7. The van der Waals surface area contributed by atoms with Gasteiger partial charge in [-0.05, 0) is 54.1 Å². The number of amides is 1. The van der Waals surface area contributed by atoms with Crippen molar-refractivity contribution in [3.8, 4) is 0 Å². The maximum Gasteiger partial charge on any atom is 0.328 e. The van der Waals surface area contributed by atoms with Crippen LogP contribution in [0.5, 0.6) is 0 Å². The van der Waals surface area contributed by atoms with Gasteiger partial charge < -0.3 is 0 Å². The van der Waals surface area contributed by atoms with E-state index in [1.807, 2.05) is 55.5 Å². The summed E-state index contributed by atoms with van der Waals surface area (Å²) in [4.78, 5) is 31.6. The van der Waals surface area contributed by atoms with Gasteiger partial charge in [0.05, 0.1) is 21.6 Å². The van der Waals surface area contributed by atoms with Gasteiger partial charge in [-0.2, -0.15) is 0 Å². The normalized spacial score (nSPS) is 17.4. The second kappa shape index (κ2) is 6.83. The third-order valence-electron chi connectivity index (χ3n) is 4.93. The molecule has 0 N–H and O–H groups in total. The van der Waals surface area contributed by atoms with E-state index in [-0.39, 0.29) is 11.6 Å². The minimum atomic E-state index is -0.0839. The first-order valence-electron chi connectivity index (χ1n) is 8.84. The molecule has 0 aliphatic carbocycles. The van der Waals surface area contributed by atoms with Gasteiger partial charge in [0.1, 0.15) is 0 Å². The number of aromatic nitrogens is 2. The average molecular weight is 392 g/mol. The number of carbonyl (C=O) groups is 1. The molecule has 1 aliphatic rings. The van der Waals surface area contributed by atoms with E-state index in [0.29, 0.717) is 10.1 Å². The maximum atomic E-state index is 12.7. The van der Waals surface area contributed by atoms with E-state index in [4.69, 9.17) is 0 Å². The number of thioether (sulfide) groups is 1. The van der Waals surface area contributed by atoms with E-state index in [1.165, 1.54) is 11.8 Å². The first-order valence-corrected chi connectivity index (χ1v) is 9.66. The van der Waals surface area contributed by atoms with Crippen LogP contribution in [-0.2, 0) is 18.9 Å². The third-order valence-corrected chi connectivity index (χ3v) is 5.99. The van der Waals surface area contributed by atoms with Crippen molar-refractivity contribution in [2.24, 2.45) is 19.1 Å². The summed E-state index contributed by atoms with van der Waals surface area (Å²) >= 11 is 1.36. The standard InChI is InChI=1S/C21H20N4O2S/c1-13-7-5-6-8-15(13)22-20-25(4)19(26)18(28-20)12-14-9-10-16-17(11-14)24(3)21(27)23(16)2/h5-12H,1-4H3/b18-12+,22-20?. The molecule has 6 nitrogen and oxygen atoms in total. The minimum Gasteiger partial charge on any atom is -0.295 e. The Morgan fingerprint density at radius 1 is 0.964 bits per heavy atom. The van der Waals surface area contributed by atoms with E-state index >= 15 is 0 Å². The number of nitrogens with zero attached hydrogens (tertiary/aromatic N) is 4. The van der Waals surface area contributed by atoms with E-state index in [1.54, 1.807) is 35.2 Å². The molecule has 0 saturated carbocycles. The SMILES string of the molecule is Cc1ccccc1N=C1S/C(=C/c2ccc3c(c2)n(C)c(=O)n3C)C(=O)N1C.